The Bertz CT molecular complexity index is 314. The zero-order valence-electron chi connectivity index (χ0n) is 9.91. The first-order chi connectivity index (χ1) is 7.84. The maximum Gasteiger partial charge on any atom is 0.0362 e. The van der Waals surface area contributed by atoms with E-state index in [2.05, 4.69) is 11.4 Å². The summed E-state index contributed by atoms with van der Waals surface area (Å²) in [6.45, 7) is 0. The van der Waals surface area contributed by atoms with E-state index >= 15 is 0 Å². The molecule has 1 saturated carbocycles. The molecular weight excluding hydrogens is 196 g/mol. The van der Waals surface area contributed by atoms with E-state index in [1.165, 1.54) is 50.6 Å². The Morgan fingerprint density at radius 3 is 2.38 bits per heavy atom. The van der Waals surface area contributed by atoms with Crippen molar-refractivity contribution >= 4 is 11.4 Å². The number of rotatable bonds is 2. The summed E-state index contributed by atoms with van der Waals surface area (Å²) >= 11 is 0. The average molecular weight is 218 g/mol. The van der Waals surface area contributed by atoms with Gasteiger partial charge in [0, 0.05) is 17.4 Å². The molecule has 0 aromatic heterocycles. The van der Waals surface area contributed by atoms with Gasteiger partial charge in [0.2, 0.25) is 0 Å². The van der Waals surface area contributed by atoms with Crippen LogP contribution in [0.3, 0.4) is 0 Å². The molecule has 1 aliphatic carbocycles. The Balaban J connectivity index is 1.91. The van der Waals surface area contributed by atoms with E-state index in [4.69, 9.17) is 5.73 Å². The number of hydrogen-bond acceptors (Lipinski definition) is 2. The highest BCUT2D eigenvalue weighted by atomic mass is 14.9. The molecule has 0 amide bonds. The van der Waals surface area contributed by atoms with Crippen LogP contribution in [0.25, 0.3) is 0 Å². The van der Waals surface area contributed by atoms with E-state index in [0.717, 1.165) is 5.69 Å². The molecular formula is C14H22N2. The Hall–Kier alpha value is -1.18. The molecule has 0 radical (unpaired) electrons. The van der Waals surface area contributed by atoms with Crippen LogP contribution >= 0.6 is 0 Å². The third-order valence-corrected chi connectivity index (χ3v) is 3.36. The Morgan fingerprint density at radius 1 is 1.00 bits per heavy atom. The Labute approximate surface area is 98.2 Å². The van der Waals surface area contributed by atoms with Gasteiger partial charge in [0.05, 0.1) is 0 Å². The Morgan fingerprint density at radius 2 is 1.69 bits per heavy atom. The van der Waals surface area contributed by atoms with Crippen LogP contribution in [0.2, 0.25) is 0 Å². The molecule has 16 heavy (non-hydrogen) atoms. The maximum absolute atomic E-state index is 5.78. The van der Waals surface area contributed by atoms with Gasteiger partial charge < -0.3 is 11.1 Å². The standard InChI is InChI=1S/C14H22N2/c15-12-7-6-10-14(11-12)16-13-8-4-2-1-3-5-9-13/h6-7,10-11,13,16H,1-5,8-9,15H2. The predicted molar refractivity (Wildman–Crippen MR) is 70.6 cm³/mol. The lowest BCUT2D eigenvalue weighted by Crippen LogP contribution is -2.20. The maximum atomic E-state index is 5.78. The highest BCUT2D eigenvalue weighted by Gasteiger charge is 2.10. The SMILES string of the molecule is Nc1cccc(NC2CCCCCCC2)c1. The Kier molecular flexibility index (Phi) is 4.09. The van der Waals surface area contributed by atoms with Crippen molar-refractivity contribution in [3.05, 3.63) is 24.3 Å². The van der Waals surface area contributed by atoms with Crippen LogP contribution < -0.4 is 11.1 Å². The van der Waals surface area contributed by atoms with E-state index in [1.807, 2.05) is 18.2 Å². The second kappa shape index (κ2) is 5.78. The monoisotopic (exact) mass is 218 g/mol. The van der Waals surface area contributed by atoms with E-state index in [-0.39, 0.29) is 0 Å². The first-order valence-electron chi connectivity index (χ1n) is 6.47. The van der Waals surface area contributed by atoms with Crippen LogP contribution in [0, 0.1) is 0 Å². The molecule has 0 aliphatic heterocycles. The minimum atomic E-state index is 0.641. The van der Waals surface area contributed by atoms with Gasteiger partial charge in [-0.1, -0.05) is 38.2 Å². The van der Waals surface area contributed by atoms with Gasteiger partial charge >= 0.3 is 0 Å². The molecule has 88 valence electrons. The lowest BCUT2D eigenvalue weighted by Gasteiger charge is -2.22. The minimum Gasteiger partial charge on any atom is -0.399 e. The van der Waals surface area contributed by atoms with Crippen molar-refractivity contribution in [2.45, 2.75) is 51.0 Å². The number of anilines is 2. The van der Waals surface area contributed by atoms with Crippen LogP contribution in [-0.2, 0) is 0 Å². The molecule has 0 bridgehead atoms. The smallest absolute Gasteiger partial charge is 0.0362 e. The lowest BCUT2D eigenvalue weighted by molar-refractivity contribution is 0.471. The van der Waals surface area contributed by atoms with Crippen LogP contribution in [0.1, 0.15) is 44.9 Å². The molecule has 1 aromatic carbocycles. The first-order valence-corrected chi connectivity index (χ1v) is 6.47. The van der Waals surface area contributed by atoms with Gasteiger partial charge in [0.1, 0.15) is 0 Å². The van der Waals surface area contributed by atoms with Crippen molar-refractivity contribution in [3.63, 3.8) is 0 Å². The summed E-state index contributed by atoms with van der Waals surface area (Å²) in [6.07, 6.45) is 9.54. The highest BCUT2D eigenvalue weighted by Crippen LogP contribution is 2.21. The van der Waals surface area contributed by atoms with Gasteiger partial charge in [0.25, 0.3) is 0 Å². The summed E-state index contributed by atoms with van der Waals surface area (Å²) < 4.78 is 0. The lowest BCUT2D eigenvalue weighted by atomic mass is 9.96. The fraction of sp³-hybridized carbons (Fsp3) is 0.571. The van der Waals surface area contributed by atoms with E-state index < -0.39 is 0 Å². The number of hydrogen-bond donors (Lipinski definition) is 2. The summed E-state index contributed by atoms with van der Waals surface area (Å²) in [5.74, 6) is 0. The summed E-state index contributed by atoms with van der Waals surface area (Å²) in [5.41, 5.74) is 7.79. The summed E-state index contributed by atoms with van der Waals surface area (Å²) in [7, 11) is 0. The molecule has 0 heterocycles. The minimum absolute atomic E-state index is 0.641. The molecule has 0 atom stereocenters. The summed E-state index contributed by atoms with van der Waals surface area (Å²) in [6, 6.07) is 8.72. The number of nitrogens with two attached hydrogens (primary N) is 1. The van der Waals surface area contributed by atoms with E-state index in [9.17, 15) is 0 Å². The number of benzene rings is 1. The van der Waals surface area contributed by atoms with Crippen LogP contribution in [-0.4, -0.2) is 6.04 Å². The molecule has 1 fully saturated rings. The molecule has 2 heteroatoms. The van der Waals surface area contributed by atoms with Crippen LogP contribution in [0.15, 0.2) is 24.3 Å². The molecule has 0 unspecified atom stereocenters. The van der Waals surface area contributed by atoms with Crippen molar-refractivity contribution in [2.75, 3.05) is 11.1 Å². The van der Waals surface area contributed by atoms with Crippen molar-refractivity contribution < 1.29 is 0 Å². The first kappa shape index (κ1) is 11.3. The van der Waals surface area contributed by atoms with Crippen molar-refractivity contribution in [1.82, 2.24) is 0 Å². The fourth-order valence-electron chi connectivity index (χ4n) is 2.46. The molecule has 2 rings (SSSR count). The predicted octanol–water partition coefficient (Wildman–Crippen LogP) is 3.79. The van der Waals surface area contributed by atoms with Gasteiger partial charge in [-0.3, -0.25) is 0 Å². The van der Waals surface area contributed by atoms with Gasteiger partial charge in [-0.15, -0.1) is 0 Å². The molecule has 1 aromatic rings. The zero-order chi connectivity index (χ0) is 11.2. The second-order valence-electron chi connectivity index (χ2n) is 4.81. The molecule has 3 N–H and O–H groups in total. The third-order valence-electron chi connectivity index (χ3n) is 3.36. The van der Waals surface area contributed by atoms with Crippen molar-refractivity contribution in [3.8, 4) is 0 Å². The normalized spacial score (nSPS) is 18.8. The highest BCUT2D eigenvalue weighted by molar-refractivity contribution is 5.54. The molecule has 0 spiro atoms. The zero-order valence-corrected chi connectivity index (χ0v) is 9.91. The van der Waals surface area contributed by atoms with Crippen molar-refractivity contribution in [1.29, 1.82) is 0 Å². The van der Waals surface area contributed by atoms with Gasteiger partial charge in [-0.05, 0) is 31.0 Å². The van der Waals surface area contributed by atoms with Crippen molar-refractivity contribution in [2.24, 2.45) is 0 Å². The third kappa shape index (κ3) is 3.44. The number of nitrogen functional groups attached to an aromatic ring is 1. The second-order valence-corrected chi connectivity index (χ2v) is 4.81. The number of nitrogens with one attached hydrogen (secondary N) is 1. The van der Waals surface area contributed by atoms with Gasteiger partial charge in [0.15, 0.2) is 0 Å². The fourth-order valence-corrected chi connectivity index (χ4v) is 2.46. The summed E-state index contributed by atoms with van der Waals surface area (Å²) in [5, 5.41) is 3.61. The van der Waals surface area contributed by atoms with Crippen LogP contribution in [0.4, 0.5) is 11.4 Å². The molecule has 2 nitrogen and oxygen atoms in total. The van der Waals surface area contributed by atoms with Gasteiger partial charge in [-0.2, -0.15) is 0 Å². The molecule has 0 saturated heterocycles. The quantitative estimate of drug-likeness (QED) is 0.741. The van der Waals surface area contributed by atoms with Gasteiger partial charge in [-0.25, -0.2) is 0 Å². The van der Waals surface area contributed by atoms with E-state index in [0.29, 0.717) is 6.04 Å². The average Bonchev–Trinajstić information content (AvgIpc) is 2.22. The molecule has 1 aliphatic rings. The van der Waals surface area contributed by atoms with E-state index in [1.54, 1.807) is 0 Å². The summed E-state index contributed by atoms with van der Waals surface area (Å²) in [4.78, 5) is 0. The topological polar surface area (TPSA) is 38.0 Å². The van der Waals surface area contributed by atoms with Crippen LogP contribution in [0.5, 0.6) is 0 Å². The largest absolute Gasteiger partial charge is 0.399 e.